The number of hydrogen-bond donors (Lipinski definition) is 5. The maximum absolute atomic E-state index is 12.0. The molecule has 3 atom stereocenters. The van der Waals surface area contributed by atoms with Crippen molar-refractivity contribution in [2.24, 2.45) is 11.8 Å². The molecule has 0 heterocycles. The van der Waals surface area contributed by atoms with Crippen LogP contribution in [0.5, 0.6) is 0 Å². The van der Waals surface area contributed by atoms with Crippen LogP contribution in [0.15, 0.2) is 59.6 Å². The van der Waals surface area contributed by atoms with Crippen LogP contribution in [0, 0.1) is 11.8 Å². The van der Waals surface area contributed by atoms with Crippen molar-refractivity contribution in [2.75, 3.05) is 19.7 Å². The zero-order valence-electron chi connectivity index (χ0n) is 20.6. The number of hydrogen-bond acceptors (Lipinski definition) is 6. The molecule has 33 heavy (non-hydrogen) atoms. The molecule has 1 aliphatic carbocycles. The predicted octanol–water partition coefficient (Wildman–Crippen LogP) is 4.45. The molecule has 0 saturated heterocycles. The van der Waals surface area contributed by atoms with Crippen molar-refractivity contribution in [1.82, 2.24) is 10.6 Å². The molecule has 0 radical (unpaired) electrons. The lowest BCUT2D eigenvalue weighted by Gasteiger charge is -2.19. The molecule has 0 aromatic heterocycles. The second-order valence-electron chi connectivity index (χ2n) is 8.70. The summed E-state index contributed by atoms with van der Waals surface area (Å²) in [5.74, 6) is 0.759. The van der Waals surface area contributed by atoms with Gasteiger partial charge in [0.25, 0.3) is 0 Å². The smallest absolute Gasteiger partial charge is 0.175 e. The van der Waals surface area contributed by atoms with E-state index in [0.29, 0.717) is 49.4 Å². The maximum atomic E-state index is 12.0. The third-order valence-corrected chi connectivity index (χ3v) is 5.94. The maximum Gasteiger partial charge on any atom is 0.175 e. The fourth-order valence-electron chi connectivity index (χ4n) is 3.69. The van der Waals surface area contributed by atoms with E-state index in [1.165, 1.54) is 0 Å². The van der Waals surface area contributed by atoms with Crippen LogP contribution in [0.4, 0.5) is 0 Å². The van der Waals surface area contributed by atoms with Crippen molar-refractivity contribution < 1.29 is 20.1 Å². The summed E-state index contributed by atoms with van der Waals surface area (Å²) in [5.41, 5.74) is 2.31. The molecule has 0 aliphatic heterocycles. The first-order valence-corrected chi connectivity index (χ1v) is 12.2. The highest BCUT2D eigenvalue weighted by atomic mass is 16.3. The molecule has 0 fully saturated rings. The SMILES string of the molecule is C=C(/C=C\CC)C(=O)CNCCC/C(NC(O)CCC1=C[C@H](C)C(CO)CC=C1)=C(/O)CC. The van der Waals surface area contributed by atoms with Gasteiger partial charge in [-0.15, -0.1) is 0 Å². The number of nitrogens with one attached hydrogen (secondary N) is 2. The van der Waals surface area contributed by atoms with Crippen LogP contribution in [0.25, 0.3) is 0 Å². The summed E-state index contributed by atoms with van der Waals surface area (Å²) in [6.45, 7) is 10.8. The van der Waals surface area contributed by atoms with Gasteiger partial charge in [0, 0.05) is 18.6 Å². The van der Waals surface area contributed by atoms with Crippen LogP contribution in [-0.2, 0) is 4.79 Å². The van der Waals surface area contributed by atoms with Gasteiger partial charge in [0.2, 0.25) is 0 Å². The lowest BCUT2D eigenvalue weighted by atomic mass is 9.91. The number of rotatable bonds is 16. The molecule has 0 spiro atoms. The lowest BCUT2D eigenvalue weighted by Crippen LogP contribution is -2.30. The Labute approximate surface area is 199 Å². The number of ketones is 1. The van der Waals surface area contributed by atoms with Gasteiger partial charge in [-0.25, -0.2) is 0 Å². The van der Waals surface area contributed by atoms with Crippen molar-refractivity contribution >= 4 is 5.78 Å². The Balaban J connectivity index is 2.46. The van der Waals surface area contributed by atoms with E-state index in [0.717, 1.165) is 24.8 Å². The van der Waals surface area contributed by atoms with Gasteiger partial charge in [0.1, 0.15) is 12.0 Å². The molecule has 186 valence electrons. The highest BCUT2D eigenvalue weighted by molar-refractivity contribution is 5.98. The molecular weight excluding hydrogens is 416 g/mol. The first kappa shape index (κ1) is 28.9. The number of aliphatic hydroxyl groups is 3. The molecule has 1 rings (SSSR count). The fourth-order valence-corrected chi connectivity index (χ4v) is 3.69. The molecule has 0 amide bonds. The second-order valence-corrected chi connectivity index (χ2v) is 8.70. The number of carbonyl (C=O) groups excluding carboxylic acids is 1. The Bertz CT molecular complexity index is 736. The Kier molecular flexibility index (Phi) is 14.4. The quantitative estimate of drug-likeness (QED) is 0.0767. The molecule has 0 bridgehead atoms. The van der Waals surface area contributed by atoms with Gasteiger partial charge in [-0.05, 0) is 56.9 Å². The molecule has 5 N–H and O–H groups in total. The van der Waals surface area contributed by atoms with Crippen LogP contribution in [0.1, 0.15) is 65.7 Å². The molecule has 1 aliphatic rings. The van der Waals surface area contributed by atoms with Crippen LogP contribution >= 0.6 is 0 Å². The average Bonchev–Trinajstić information content (AvgIpc) is 2.99. The van der Waals surface area contributed by atoms with Gasteiger partial charge in [0.15, 0.2) is 5.78 Å². The van der Waals surface area contributed by atoms with Crippen molar-refractivity contribution in [2.45, 2.75) is 71.9 Å². The van der Waals surface area contributed by atoms with Gasteiger partial charge in [-0.2, -0.15) is 0 Å². The zero-order chi connectivity index (χ0) is 24.6. The van der Waals surface area contributed by atoms with E-state index in [1.54, 1.807) is 6.08 Å². The van der Waals surface area contributed by atoms with Crippen LogP contribution < -0.4 is 10.6 Å². The number of allylic oxidation sites excluding steroid dienone is 8. The second kappa shape index (κ2) is 16.5. The third kappa shape index (κ3) is 11.5. The monoisotopic (exact) mass is 460 g/mol. The molecule has 0 aromatic carbocycles. The molecule has 6 nitrogen and oxygen atoms in total. The summed E-state index contributed by atoms with van der Waals surface area (Å²) in [7, 11) is 0. The number of Topliss-reactive ketones (excluding diaryl/α,β-unsaturated/α-hetero) is 1. The van der Waals surface area contributed by atoms with E-state index in [2.05, 4.69) is 42.4 Å². The van der Waals surface area contributed by atoms with E-state index in [-0.39, 0.29) is 30.6 Å². The molecule has 2 unspecified atom stereocenters. The summed E-state index contributed by atoms with van der Waals surface area (Å²) >= 11 is 0. The Morgan fingerprint density at radius 1 is 1.36 bits per heavy atom. The lowest BCUT2D eigenvalue weighted by molar-refractivity contribution is -0.114. The Morgan fingerprint density at radius 3 is 2.79 bits per heavy atom. The number of aliphatic hydroxyl groups excluding tert-OH is 3. The standard InChI is InChI=1S/C27H44N2O4/c1-5-7-10-20(3)26(32)18-28-16-9-13-24(25(31)6-2)29-27(33)15-14-22-11-8-12-23(19-30)21(4)17-22/h7-8,10-11,17,21,23,27-31,33H,3,5-6,9,12-16,18-19H2,1-2,4H3/b10-7-,25-24-/t21-,23?,27?/m0/s1. The summed E-state index contributed by atoms with van der Waals surface area (Å²) in [6, 6.07) is 0. The van der Waals surface area contributed by atoms with Crippen molar-refractivity contribution in [3.63, 3.8) is 0 Å². The van der Waals surface area contributed by atoms with Crippen LogP contribution in [0.2, 0.25) is 0 Å². The molecule has 0 saturated carbocycles. The Morgan fingerprint density at radius 2 is 2.12 bits per heavy atom. The summed E-state index contributed by atoms with van der Waals surface area (Å²) in [6.07, 6.45) is 14.0. The van der Waals surface area contributed by atoms with Crippen molar-refractivity contribution in [3.05, 3.63) is 59.6 Å². The largest absolute Gasteiger partial charge is 0.511 e. The van der Waals surface area contributed by atoms with Gasteiger partial charge in [-0.3, -0.25) is 4.79 Å². The minimum atomic E-state index is -0.765. The van der Waals surface area contributed by atoms with Crippen LogP contribution in [0.3, 0.4) is 0 Å². The fraction of sp³-hybridized carbons (Fsp3) is 0.593. The summed E-state index contributed by atoms with van der Waals surface area (Å²) < 4.78 is 0. The minimum absolute atomic E-state index is 0.0260. The van der Waals surface area contributed by atoms with Crippen molar-refractivity contribution in [3.8, 4) is 0 Å². The highest BCUT2D eigenvalue weighted by Crippen LogP contribution is 2.25. The topological polar surface area (TPSA) is 102 Å². The summed E-state index contributed by atoms with van der Waals surface area (Å²) in [5, 5.41) is 36.5. The van der Waals surface area contributed by atoms with Gasteiger partial charge >= 0.3 is 0 Å². The first-order valence-electron chi connectivity index (χ1n) is 12.2. The van der Waals surface area contributed by atoms with E-state index >= 15 is 0 Å². The third-order valence-electron chi connectivity index (χ3n) is 5.94. The zero-order valence-corrected chi connectivity index (χ0v) is 20.6. The van der Waals surface area contributed by atoms with E-state index in [9.17, 15) is 20.1 Å². The predicted molar refractivity (Wildman–Crippen MR) is 136 cm³/mol. The average molecular weight is 461 g/mol. The van der Waals surface area contributed by atoms with Crippen molar-refractivity contribution in [1.29, 1.82) is 0 Å². The first-order chi connectivity index (χ1) is 15.8. The van der Waals surface area contributed by atoms with Gasteiger partial charge in [-0.1, -0.05) is 63.3 Å². The Hall–Kier alpha value is -2.15. The van der Waals surface area contributed by atoms with Gasteiger partial charge in [0.05, 0.1) is 12.2 Å². The molecule has 0 aromatic rings. The van der Waals surface area contributed by atoms with Gasteiger partial charge < -0.3 is 26.0 Å². The van der Waals surface area contributed by atoms with Crippen LogP contribution in [-0.4, -0.2) is 47.0 Å². The normalized spacial score (nSPS) is 20.2. The minimum Gasteiger partial charge on any atom is -0.511 e. The van der Waals surface area contributed by atoms with E-state index in [1.807, 2.05) is 19.9 Å². The molecular formula is C27H44N2O4. The summed E-state index contributed by atoms with van der Waals surface area (Å²) in [4.78, 5) is 12.0. The number of carbonyl (C=O) groups is 1. The molecule has 6 heteroatoms. The van der Waals surface area contributed by atoms with E-state index in [4.69, 9.17) is 0 Å². The van der Waals surface area contributed by atoms with E-state index < -0.39 is 6.23 Å². The highest BCUT2D eigenvalue weighted by Gasteiger charge is 2.17.